The first-order chi connectivity index (χ1) is 16.6. The van der Waals surface area contributed by atoms with Crippen LogP contribution < -0.4 is 15.5 Å². The highest BCUT2D eigenvalue weighted by atomic mass is 32.2. The van der Waals surface area contributed by atoms with Crippen LogP contribution in [0.4, 0.5) is 34.8 Å². The molecule has 2 aromatic heterocycles. The van der Waals surface area contributed by atoms with Crippen LogP contribution >= 0.6 is 0 Å². The molecule has 182 valence electrons. The lowest BCUT2D eigenvalue weighted by molar-refractivity contribution is 0.313. The van der Waals surface area contributed by atoms with Gasteiger partial charge in [-0.3, -0.25) is 0 Å². The van der Waals surface area contributed by atoms with Crippen LogP contribution in [0.1, 0.15) is 16.7 Å². The molecule has 1 aromatic carbocycles. The van der Waals surface area contributed by atoms with E-state index in [0.717, 1.165) is 25.2 Å². The Labute approximate surface area is 206 Å². The molecule has 4 rings (SSSR count). The van der Waals surface area contributed by atoms with E-state index in [1.54, 1.807) is 30.7 Å². The van der Waals surface area contributed by atoms with Gasteiger partial charge in [-0.25, -0.2) is 14.2 Å². The molecule has 3 heterocycles. The Kier molecular flexibility index (Phi) is 6.86. The zero-order valence-corrected chi connectivity index (χ0v) is 21.3. The van der Waals surface area contributed by atoms with E-state index >= 15 is 0 Å². The maximum Gasteiger partial charge on any atom is 0.229 e. The fraction of sp³-hybridized carbons (Fsp3) is 0.333. The van der Waals surface area contributed by atoms with Crippen LogP contribution in [0, 0.1) is 11.3 Å². The Morgan fingerprint density at radius 1 is 1.20 bits per heavy atom. The second-order valence-corrected chi connectivity index (χ2v) is 11.5. The molecule has 35 heavy (non-hydrogen) atoms. The van der Waals surface area contributed by atoms with E-state index in [9.17, 15) is 9.47 Å². The summed E-state index contributed by atoms with van der Waals surface area (Å²) in [6, 6.07) is 11.5. The molecular weight excluding hydrogens is 462 g/mol. The molecule has 0 spiro atoms. The highest BCUT2D eigenvalue weighted by Gasteiger charge is 2.19. The molecule has 0 atom stereocenters. The molecule has 1 aliphatic rings. The third kappa shape index (κ3) is 6.03. The summed E-state index contributed by atoms with van der Waals surface area (Å²) in [5.41, 5.74) is 4.95. The number of benzene rings is 1. The monoisotopic (exact) mass is 491 g/mol. The first kappa shape index (κ1) is 24.4. The summed E-state index contributed by atoms with van der Waals surface area (Å²) >= 11 is 0. The lowest BCUT2D eigenvalue weighted by atomic mass is 9.96. The molecule has 0 radical (unpaired) electrons. The average Bonchev–Trinajstić information content (AvgIpc) is 2.77. The van der Waals surface area contributed by atoms with E-state index in [1.165, 1.54) is 23.0 Å². The molecule has 0 fully saturated rings. The number of nitrogens with zero attached hydrogens (tertiary/aromatic N) is 7. The summed E-state index contributed by atoms with van der Waals surface area (Å²) in [6.45, 7) is 1.91. The molecule has 0 bridgehead atoms. The van der Waals surface area contributed by atoms with E-state index in [0.29, 0.717) is 23.4 Å². The molecule has 0 unspecified atom stereocenters. The fourth-order valence-corrected chi connectivity index (χ4v) is 4.48. The van der Waals surface area contributed by atoms with Gasteiger partial charge in [0.1, 0.15) is 17.5 Å². The molecular formula is C24H29N9OS. The highest BCUT2D eigenvalue weighted by Crippen LogP contribution is 2.32. The minimum absolute atomic E-state index is 0.274. The summed E-state index contributed by atoms with van der Waals surface area (Å²) in [7, 11) is 3.86. The molecule has 0 amide bonds. The zero-order chi connectivity index (χ0) is 25.2. The van der Waals surface area contributed by atoms with Gasteiger partial charge in [-0.2, -0.15) is 14.6 Å². The number of anilines is 5. The van der Waals surface area contributed by atoms with Gasteiger partial charge in [0.2, 0.25) is 5.95 Å². The van der Waals surface area contributed by atoms with Crippen LogP contribution in [0.3, 0.4) is 0 Å². The Hall–Kier alpha value is -3.75. The minimum Gasteiger partial charge on any atom is -0.377 e. The number of pyridine rings is 1. The van der Waals surface area contributed by atoms with Crippen molar-refractivity contribution in [3.05, 3.63) is 53.2 Å². The maximum atomic E-state index is 12.0. The normalized spacial score (nSPS) is 13.5. The largest absolute Gasteiger partial charge is 0.377 e. The molecule has 0 aliphatic carbocycles. The number of fused-ring (bicyclic) bond motifs is 1. The third-order valence-corrected chi connectivity index (χ3v) is 6.07. The van der Waals surface area contributed by atoms with Crippen molar-refractivity contribution in [1.29, 1.82) is 5.26 Å². The standard InChI is InChI=1S/C24H29N9OS/c1-32(2)20-12-18(11-16-15-33(3)10-9-19(16)20)27-24-26-14-17(13-25)23(30-24)29-21-7-6-8-22(28-21)31-35(4,5)34/h6-8,11-12,14H,9-10,15H2,1-5H3,(H2,26,27,28,29,30). The molecule has 0 saturated heterocycles. The lowest BCUT2D eigenvalue weighted by Gasteiger charge is -2.29. The van der Waals surface area contributed by atoms with E-state index in [1.807, 2.05) is 14.1 Å². The van der Waals surface area contributed by atoms with Gasteiger partial charge < -0.3 is 20.4 Å². The van der Waals surface area contributed by atoms with E-state index in [-0.39, 0.29) is 5.56 Å². The summed E-state index contributed by atoms with van der Waals surface area (Å²) in [6.07, 6.45) is 5.57. The van der Waals surface area contributed by atoms with Crippen molar-refractivity contribution in [3.8, 4) is 6.07 Å². The number of likely N-dealkylation sites (N-methyl/N-ethyl adjacent to an activating group) is 1. The van der Waals surface area contributed by atoms with Crippen molar-refractivity contribution < 1.29 is 4.21 Å². The van der Waals surface area contributed by atoms with Crippen molar-refractivity contribution in [2.45, 2.75) is 13.0 Å². The second kappa shape index (κ2) is 9.85. The molecule has 0 saturated carbocycles. The number of nitrogens with one attached hydrogen (secondary N) is 2. The quantitative estimate of drug-likeness (QED) is 0.532. The van der Waals surface area contributed by atoms with Crippen LogP contribution in [0.2, 0.25) is 0 Å². The van der Waals surface area contributed by atoms with Crippen LogP contribution in [0.25, 0.3) is 0 Å². The van der Waals surface area contributed by atoms with Crippen molar-refractivity contribution in [2.75, 3.05) is 55.7 Å². The molecule has 11 heteroatoms. The Bertz CT molecular complexity index is 1410. The molecule has 10 nitrogen and oxygen atoms in total. The van der Waals surface area contributed by atoms with E-state index < -0.39 is 9.73 Å². The SMILES string of the molecule is CN1CCc2c(cc(Nc3ncc(C#N)c(Nc4cccc(N=S(C)(C)=O)n4)n3)cc2N(C)C)C1. The number of rotatable bonds is 6. The van der Waals surface area contributed by atoms with Gasteiger partial charge in [-0.15, -0.1) is 0 Å². The van der Waals surface area contributed by atoms with E-state index in [2.05, 4.69) is 65.0 Å². The van der Waals surface area contributed by atoms with Crippen LogP contribution in [-0.2, 0) is 22.7 Å². The molecule has 3 aromatic rings. The van der Waals surface area contributed by atoms with Crippen LogP contribution in [-0.4, -0.2) is 64.3 Å². The van der Waals surface area contributed by atoms with Crippen LogP contribution in [0.5, 0.6) is 0 Å². The van der Waals surface area contributed by atoms with Gasteiger partial charge in [-0.1, -0.05) is 6.07 Å². The maximum absolute atomic E-state index is 12.0. The minimum atomic E-state index is -2.35. The summed E-state index contributed by atoms with van der Waals surface area (Å²) in [4.78, 5) is 17.7. The molecule has 2 N–H and O–H groups in total. The topological polar surface area (TPSA) is 122 Å². The predicted molar refractivity (Wildman–Crippen MR) is 140 cm³/mol. The third-order valence-electron chi connectivity index (χ3n) is 5.44. The average molecular weight is 492 g/mol. The Balaban J connectivity index is 1.65. The lowest BCUT2D eigenvalue weighted by Crippen LogP contribution is -2.28. The Morgan fingerprint density at radius 3 is 2.71 bits per heavy atom. The van der Waals surface area contributed by atoms with Crippen molar-refractivity contribution in [3.63, 3.8) is 0 Å². The van der Waals surface area contributed by atoms with E-state index in [4.69, 9.17) is 0 Å². The highest BCUT2D eigenvalue weighted by molar-refractivity contribution is 7.92. The van der Waals surface area contributed by atoms with Crippen LogP contribution in [0.15, 0.2) is 40.9 Å². The first-order valence-electron chi connectivity index (χ1n) is 11.1. The smallest absolute Gasteiger partial charge is 0.229 e. The first-order valence-corrected chi connectivity index (χ1v) is 13.4. The number of hydrogen-bond acceptors (Lipinski definition) is 10. The van der Waals surface area contributed by atoms with Gasteiger partial charge in [0.05, 0.1) is 6.20 Å². The number of aromatic nitrogens is 3. The summed E-state index contributed by atoms with van der Waals surface area (Å²) < 4.78 is 16.1. The Morgan fingerprint density at radius 2 is 2.00 bits per heavy atom. The van der Waals surface area contributed by atoms with Crippen molar-refractivity contribution >= 4 is 44.5 Å². The summed E-state index contributed by atoms with van der Waals surface area (Å²) in [5, 5.41) is 15.9. The fourth-order valence-electron chi connectivity index (χ4n) is 3.93. The van der Waals surface area contributed by atoms with Gasteiger partial charge >= 0.3 is 0 Å². The van der Waals surface area contributed by atoms with Gasteiger partial charge in [-0.05, 0) is 48.9 Å². The zero-order valence-electron chi connectivity index (χ0n) is 20.5. The molecule has 1 aliphatic heterocycles. The predicted octanol–water partition coefficient (Wildman–Crippen LogP) is 3.64. The second-order valence-electron chi connectivity index (χ2n) is 8.99. The van der Waals surface area contributed by atoms with Crippen molar-refractivity contribution in [1.82, 2.24) is 19.9 Å². The van der Waals surface area contributed by atoms with Gasteiger partial charge in [0.15, 0.2) is 11.6 Å². The number of nitriles is 1. The number of hydrogen-bond donors (Lipinski definition) is 2. The van der Waals surface area contributed by atoms with Gasteiger partial charge in [0, 0.05) is 60.8 Å². The van der Waals surface area contributed by atoms with Crippen molar-refractivity contribution in [2.24, 2.45) is 4.36 Å². The van der Waals surface area contributed by atoms with Gasteiger partial charge in [0.25, 0.3) is 0 Å². The summed E-state index contributed by atoms with van der Waals surface area (Å²) in [5.74, 6) is 1.44.